The van der Waals surface area contributed by atoms with E-state index in [-0.39, 0.29) is 17.3 Å². The molecule has 0 unspecified atom stereocenters. The zero-order valence-electron chi connectivity index (χ0n) is 24.1. The molecule has 2 aromatic heterocycles. The molecule has 3 heterocycles. The predicted octanol–water partition coefficient (Wildman–Crippen LogP) is 6.09. The van der Waals surface area contributed by atoms with Gasteiger partial charge in [0.1, 0.15) is 5.60 Å². The molecule has 208 valence electrons. The second-order valence-corrected chi connectivity index (χ2v) is 12.1. The first-order chi connectivity index (χ1) is 18.8. The van der Waals surface area contributed by atoms with Gasteiger partial charge in [-0.25, -0.2) is 9.48 Å². The third-order valence-electron chi connectivity index (χ3n) is 7.30. The second-order valence-electron chi connectivity index (χ2n) is 12.1. The molecule has 0 fully saturated rings. The number of hydrogen-bond acceptors (Lipinski definition) is 4. The number of aromatic nitrogens is 3. The molecule has 0 aliphatic carbocycles. The summed E-state index contributed by atoms with van der Waals surface area (Å²) in [5.41, 5.74) is 11.3. The van der Waals surface area contributed by atoms with Crippen molar-refractivity contribution < 1.29 is 14.3 Å². The van der Waals surface area contributed by atoms with Gasteiger partial charge in [-0.1, -0.05) is 30.3 Å². The number of ether oxygens (including phenoxy) is 1. The first kappa shape index (κ1) is 27.2. The van der Waals surface area contributed by atoms with Crippen molar-refractivity contribution in [3.05, 3.63) is 89.4 Å². The van der Waals surface area contributed by atoms with E-state index < -0.39 is 11.5 Å². The van der Waals surface area contributed by atoms with E-state index in [9.17, 15) is 9.59 Å². The first-order valence-electron chi connectivity index (χ1n) is 13.6. The number of nitrogens with two attached hydrogens (primary N) is 1. The van der Waals surface area contributed by atoms with Crippen LogP contribution in [0.4, 0.5) is 4.79 Å². The molecule has 1 aliphatic heterocycles. The zero-order valence-corrected chi connectivity index (χ0v) is 24.1. The van der Waals surface area contributed by atoms with Crippen LogP contribution < -0.4 is 5.73 Å². The van der Waals surface area contributed by atoms with E-state index in [0.29, 0.717) is 6.54 Å². The lowest BCUT2D eigenvalue weighted by molar-refractivity contribution is 0.00616. The number of fused-ring (bicyclic) bond motifs is 1. The largest absolute Gasteiger partial charge is 0.444 e. The molecule has 2 amide bonds. The topological polar surface area (TPSA) is 95.4 Å². The Balaban J connectivity index is 1.30. The highest BCUT2D eigenvalue weighted by Crippen LogP contribution is 2.34. The van der Waals surface area contributed by atoms with Crippen molar-refractivity contribution in [3.63, 3.8) is 0 Å². The van der Waals surface area contributed by atoms with Crippen LogP contribution in [0.15, 0.2) is 66.9 Å². The summed E-state index contributed by atoms with van der Waals surface area (Å²) in [4.78, 5) is 26.1. The van der Waals surface area contributed by atoms with Gasteiger partial charge in [-0.2, -0.15) is 5.10 Å². The van der Waals surface area contributed by atoms with Gasteiger partial charge in [0.2, 0.25) is 0 Å². The van der Waals surface area contributed by atoms with E-state index in [1.807, 2.05) is 38.7 Å². The summed E-state index contributed by atoms with van der Waals surface area (Å²) in [6, 6.07) is 18.6. The number of carbonyl (C=O) groups is 2. The standard InChI is InChI=1S/C32H37N5O3/c1-21-17-27(29(33)38)34-37(21)26-11-12-28-24(18-26)13-15-35(28)20-22-7-9-23(10-8-22)25-14-16-36(32(5,6)19-25)30(39)40-31(2,3)4/h7-15,17-18H,16,19-20H2,1-6H3,(H2,33,38). The van der Waals surface area contributed by atoms with Crippen LogP contribution in [-0.4, -0.2) is 48.9 Å². The quantitative estimate of drug-likeness (QED) is 0.332. The number of nitrogens with zero attached hydrogens (tertiary/aromatic N) is 4. The van der Waals surface area contributed by atoms with E-state index in [0.717, 1.165) is 35.2 Å². The highest BCUT2D eigenvalue weighted by atomic mass is 16.6. The number of benzene rings is 2. The van der Waals surface area contributed by atoms with Gasteiger partial charge in [-0.05, 0) is 95.0 Å². The Hall–Kier alpha value is -4.33. The number of hydrogen-bond donors (Lipinski definition) is 1. The zero-order chi connectivity index (χ0) is 28.8. The smallest absolute Gasteiger partial charge is 0.411 e. The summed E-state index contributed by atoms with van der Waals surface area (Å²) in [6.45, 7) is 13.0. The van der Waals surface area contributed by atoms with E-state index in [2.05, 4.69) is 78.3 Å². The normalized spacial score (nSPS) is 15.2. The summed E-state index contributed by atoms with van der Waals surface area (Å²) in [5.74, 6) is -0.536. The fourth-order valence-corrected chi connectivity index (χ4v) is 5.28. The molecule has 5 rings (SSSR count). The van der Waals surface area contributed by atoms with Crippen molar-refractivity contribution in [2.75, 3.05) is 6.54 Å². The van der Waals surface area contributed by atoms with Crippen LogP contribution in [0.2, 0.25) is 0 Å². The Labute approximate surface area is 235 Å². The average Bonchev–Trinajstić information content (AvgIpc) is 3.45. The molecule has 0 spiro atoms. The number of amides is 2. The van der Waals surface area contributed by atoms with Crippen molar-refractivity contribution in [2.45, 2.75) is 65.6 Å². The molecular formula is C32H37N5O3. The van der Waals surface area contributed by atoms with Crippen molar-refractivity contribution in [1.82, 2.24) is 19.2 Å². The fraction of sp³-hybridized carbons (Fsp3) is 0.344. The van der Waals surface area contributed by atoms with E-state index >= 15 is 0 Å². The monoisotopic (exact) mass is 539 g/mol. The molecule has 40 heavy (non-hydrogen) atoms. The molecule has 0 saturated heterocycles. The summed E-state index contributed by atoms with van der Waals surface area (Å²) >= 11 is 0. The predicted molar refractivity (Wildman–Crippen MR) is 157 cm³/mol. The maximum atomic E-state index is 12.7. The summed E-state index contributed by atoms with van der Waals surface area (Å²) < 4.78 is 9.59. The molecule has 2 N–H and O–H groups in total. The highest BCUT2D eigenvalue weighted by molar-refractivity contribution is 5.91. The maximum Gasteiger partial charge on any atom is 0.411 e. The Morgan fingerprint density at radius 1 is 1.05 bits per heavy atom. The second kappa shape index (κ2) is 10.0. The Morgan fingerprint density at radius 2 is 1.77 bits per heavy atom. The van der Waals surface area contributed by atoms with Crippen molar-refractivity contribution in [1.29, 1.82) is 0 Å². The SMILES string of the molecule is Cc1cc(C(N)=O)nn1-c1ccc2c(ccn2Cc2ccc(C3=CCN(C(=O)OC(C)(C)C)C(C)(C)C3)cc2)c1. The van der Waals surface area contributed by atoms with Gasteiger partial charge in [0.05, 0.1) is 5.69 Å². The fourth-order valence-electron chi connectivity index (χ4n) is 5.28. The van der Waals surface area contributed by atoms with Gasteiger partial charge in [0, 0.05) is 41.4 Å². The minimum absolute atomic E-state index is 0.256. The molecule has 2 aromatic carbocycles. The molecule has 0 saturated carbocycles. The van der Waals surface area contributed by atoms with Crippen LogP contribution in [0.25, 0.3) is 22.2 Å². The molecule has 0 bridgehead atoms. The Morgan fingerprint density at radius 3 is 2.40 bits per heavy atom. The first-order valence-corrected chi connectivity index (χ1v) is 13.6. The van der Waals surface area contributed by atoms with Crippen LogP contribution in [0.1, 0.15) is 68.3 Å². The van der Waals surface area contributed by atoms with Gasteiger partial charge < -0.3 is 15.0 Å². The Kier molecular flexibility index (Phi) is 6.82. The molecule has 1 aliphatic rings. The summed E-state index contributed by atoms with van der Waals surface area (Å²) in [7, 11) is 0. The Bertz CT molecular complexity index is 1620. The van der Waals surface area contributed by atoms with Gasteiger partial charge in [0.15, 0.2) is 5.69 Å². The third-order valence-corrected chi connectivity index (χ3v) is 7.30. The number of rotatable bonds is 5. The van der Waals surface area contributed by atoms with E-state index in [1.54, 1.807) is 10.7 Å². The average molecular weight is 540 g/mol. The molecule has 8 heteroatoms. The minimum Gasteiger partial charge on any atom is -0.444 e. The summed E-state index contributed by atoms with van der Waals surface area (Å²) in [5, 5.41) is 5.44. The van der Waals surface area contributed by atoms with Crippen LogP contribution in [0.3, 0.4) is 0 Å². The van der Waals surface area contributed by atoms with Crippen molar-refractivity contribution in [3.8, 4) is 5.69 Å². The van der Waals surface area contributed by atoms with Gasteiger partial charge in [0.25, 0.3) is 5.91 Å². The van der Waals surface area contributed by atoms with E-state index in [1.165, 1.54) is 16.7 Å². The minimum atomic E-state index is -0.536. The third kappa shape index (κ3) is 5.52. The molecule has 0 atom stereocenters. The lowest BCUT2D eigenvalue weighted by Crippen LogP contribution is -2.51. The molecule has 0 radical (unpaired) electrons. The van der Waals surface area contributed by atoms with Gasteiger partial charge >= 0.3 is 6.09 Å². The number of aryl methyl sites for hydroxylation is 1. The van der Waals surface area contributed by atoms with Crippen LogP contribution in [0.5, 0.6) is 0 Å². The van der Waals surface area contributed by atoms with Crippen LogP contribution in [-0.2, 0) is 11.3 Å². The highest BCUT2D eigenvalue weighted by Gasteiger charge is 2.36. The number of primary amides is 1. The molecule has 4 aromatic rings. The van der Waals surface area contributed by atoms with Crippen molar-refractivity contribution in [2.24, 2.45) is 5.73 Å². The van der Waals surface area contributed by atoms with Crippen LogP contribution in [0, 0.1) is 6.92 Å². The molecule has 8 nitrogen and oxygen atoms in total. The van der Waals surface area contributed by atoms with E-state index in [4.69, 9.17) is 10.5 Å². The van der Waals surface area contributed by atoms with Gasteiger partial charge in [-0.3, -0.25) is 9.69 Å². The van der Waals surface area contributed by atoms with Gasteiger partial charge in [-0.15, -0.1) is 0 Å². The lowest BCUT2D eigenvalue weighted by atomic mass is 9.86. The summed E-state index contributed by atoms with van der Waals surface area (Å²) in [6.07, 6.45) is 4.70. The van der Waals surface area contributed by atoms with Crippen molar-refractivity contribution >= 4 is 28.5 Å². The lowest BCUT2D eigenvalue weighted by Gasteiger charge is -2.42. The number of carbonyl (C=O) groups excluding carboxylic acids is 2. The van der Waals surface area contributed by atoms with Crippen LogP contribution >= 0.6 is 0 Å². The maximum absolute atomic E-state index is 12.7. The molecular weight excluding hydrogens is 502 g/mol.